The molecule has 0 unspecified atom stereocenters. The van der Waals surface area contributed by atoms with Gasteiger partial charge >= 0.3 is 0 Å². The Hall–Kier alpha value is -3.52. The fourth-order valence-corrected chi connectivity index (χ4v) is 2.66. The van der Waals surface area contributed by atoms with E-state index >= 15 is 0 Å². The number of nitrogens with zero attached hydrogens (tertiary/aromatic N) is 1. The number of nitro benzene ring substituents is 1. The van der Waals surface area contributed by atoms with Crippen LogP contribution in [0.4, 0.5) is 5.69 Å². The molecule has 8 heteroatoms. The average molecular weight is 411 g/mol. The Kier molecular flexibility index (Phi) is 8.25. The number of hydrogen-bond donors (Lipinski definition) is 3. The van der Waals surface area contributed by atoms with Crippen LogP contribution in [0.15, 0.2) is 54.2 Å². The molecule has 2 aromatic carbocycles. The Bertz CT molecular complexity index is 919. The zero-order valence-electron chi connectivity index (χ0n) is 17.4. The SMILES string of the molecule is Cc1ccc(C(=O)N/C(=C\c2ccc([N+](=O)[O-])cc2)C(=O)NCCC[NH+](C)C)cc1. The van der Waals surface area contributed by atoms with Crippen molar-refractivity contribution in [3.63, 3.8) is 0 Å². The van der Waals surface area contributed by atoms with E-state index in [9.17, 15) is 19.7 Å². The van der Waals surface area contributed by atoms with Gasteiger partial charge < -0.3 is 15.5 Å². The number of amides is 2. The van der Waals surface area contributed by atoms with Crippen molar-refractivity contribution in [1.29, 1.82) is 0 Å². The van der Waals surface area contributed by atoms with Crippen molar-refractivity contribution in [2.24, 2.45) is 0 Å². The van der Waals surface area contributed by atoms with E-state index in [2.05, 4.69) is 10.6 Å². The fraction of sp³-hybridized carbons (Fsp3) is 0.273. The molecule has 0 aliphatic heterocycles. The van der Waals surface area contributed by atoms with E-state index in [-0.39, 0.29) is 11.4 Å². The Labute approximate surface area is 175 Å². The molecule has 0 spiro atoms. The van der Waals surface area contributed by atoms with E-state index in [1.165, 1.54) is 35.2 Å². The molecule has 0 aromatic heterocycles. The predicted molar refractivity (Wildman–Crippen MR) is 115 cm³/mol. The maximum Gasteiger partial charge on any atom is 0.269 e. The van der Waals surface area contributed by atoms with Crippen LogP contribution in [0.5, 0.6) is 0 Å². The summed E-state index contributed by atoms with van der Waals surface area (Å²) >= 11 is 0. The van der Waals surface area contributed by atoms with Crippen molar-refractivity contribution in [3.05, 3.63) is 81.0 Å². The van der Waals surface area contributed by atoms with Crippen molar-refractivity contribution in [2.75, 3.05) is 27.2 Å². The van der Waals surface area contributed by atoms with Gasteiger partial charge in [-0.1, -0.05) is 17.7 Å². The number of hydrogen-bond acceptors (Lipinski definition) is 4. The zero-order chi connectivity index (χ0) is 22.1. The lowest BCUT2D eigenvalue weighted by molar-refractivity contribution is -0.858. The van der Waals surface area contributed by atoms with E-state index in [4.69, 9.17) is 0 Å². The van der Waals surface area contributed by atoms with Crippen LogP contribution in [-0.2, 0) is 4.79 Å². The van der Waals surface area contributed by atoms with Crippen molar-refractivity contribution >= 4 is 23.6 Å². The summed E-state index contributed by atoms with van der Waals surface area (Å²) < 4.78 is 0. The first-order valence-corrected chi connectivity index (χ1v) is 9.67. The third-order valence-electron chi connectivity index (χ3n) is 4.36. The van der Waals surface area contributed by atoms with Crippen LogP contribution in [0.1, 0.15) is 27.9 Å². The molecule has 2 aromatic rings. The van der Waals surface area contributed by atoms with Crippen LogP contribution in [0.2, 0.25) is 0 Å². The van der Waals surface area contributed by atoms with Crippen LogP contribution in [-0.4, -0.2) is 43.9 Å². The molecule has 0 aliphatic carbocycles. The number of quaternary nitrogens is 1. The standard InChI is InChI=1S/C22H26N4O4/c1-16-5-9-18(10-6-16)21(27)24-20(22(28)23-13-4-14-25(2)3)15-17-7-11-19(12-8-17)26(29)30/h5-12,15H,4,13-14H2,1-3H3,(H,23,28)(H,24,27)/p+1/b20-15-. The highest BCUT2D eigenvalue weighted by molar-refractivity contribution is 6.05. The molecule has 2 rings (SSSR count). The fourth-order valence-electron chi connectivity index (χ4n) is 2.66. The molecule has 0 heterocycles. The monoisotopic (exact) mass is 411 g/mol. The van der Waals surface area contributed by atoms with E-state index in [1.807, 2.05) is 33.2 Å². The molecule has 0 bridgehead atoms. The second-order valence-corrected chi connectivity index (χ2v) is 7.29. The lowest BCUT2D eigenvalue weighted by atomic mass is 10.1. The van der Waals surface area contributed by atoms with Crippen LogP contribution >= 0.6 is 0 Å². The highest BCUT2D eigenvalue weighted by Gasteiger charge is 2.15. The van der Waals surface area contributed by atoms with Gasteiger partial charge in [-0.15, -0.1) is 0 Å². The van der Waals surface area contributed by atoms with Crippen molar-refractivity contribution in [2.45, 2.75) is 13.3 Å². The van der Waals surface area contributed by atoms with Gasteiger partial charge in [0, 0.05) is 30.7 Å². The maximum absolute atomic E-state index is 12.7. The Morgan fingerprint density at radius 1 is 1.07 bits per heavy atom. The highest BCUT2D eigenvalue weighted by Crippen LogP contribution is 2.14. The lowest BCUT2D eigenvalue weighted by Crippen LogP contribution is -3.05. The Morgan fingerprint density at radius 3 is 2.27 bits per heavy atom. The number of nitro groups is 1. The smallest absolute Gasteiger partial charge is 0.269 e. The maximum atomic E-state index is 12.7. The molecule has 8 nitrogen and oxygen atoms in total. The van der Waals surface area contributed by atoms with Gasteiger partial charge in [-0.2, -0.15) is 0 Å². The number of carbonyl (C=O) groups excluding carboxylic acids is 2. The number of carbonyl (C=O) groups is 2. The first kappa shape index (κ1) is 22.8. The molecule has 0 fully saturated rings. The quantitative estimate of drug-likeness (QED) is 0.250. The molecule has 0 saturated heterocycles. The van der Waals surface area contributed by atoms with Crippen LogP contribution in [0.25, 0.3) is 6.08 Å². The molecular formula is C22H27N4O4+. The van der Waals surface area contributed by atoms with E-state index < -0.39 is 16.7 Å². The summed E-state index contributed by atoms with van der Waals surface area (Å²) in [4.78, 5) is 36.9. The van der Waals surface area contributed by atoms with Gasteiger partial charge in [0.15, 0.2) is 0 Å². The van der Waals surface area contributed by atoms with E-state index in [1.54, 1.807) is 12.1 Å². The number of non-ortho nitro benzene ring substituents is 1. The van der Waals surface area contributed by atoms with Crippen LogP contribution in [0, 0.1) is 17.0 Å². The topological polar surface area (TPSA) is 106 Å². The van der Waals surface area contributed by atoms with Crippen molar-refractivity contribution < 1.29 is 19.4 Å². The van der Waals surface area contributed by atoms with Gasteiger partial charge in [0.2, 0.25) is 0 Å². The summed E-state index contributed by atoms with van der Waals surface area (Å²) in [5, 5.41) is 16.3. The minimum absolute atomic E-state index is 0.0481. The predicted octanol–water partition coefficient (Wildman–Crippen LogP) is 1.32. The summed E-state index contributed by atoms with van der Waals surface area (Å²) in [6.45, 7) is 3.30. The second kappa shape index (κ2) is 10.9. The average Bonchev–Trinajstić information content (AvgIpc) is 2.71. The molecule has 0 saturated carbocycles. The summed E-state index contributed by atoms with van der Waals surface area (Å²) in [6.07, 6.45) is 2.30. The lowest BCUT2D eigenvalue weighted by Gasteiger charge is -2.12. The third-order valence-corrected chi connectivity index (χ3v) is 4.36. The molecule has 0 aliphatic rings. The van der Waals surface area contributed by atoms with Gasteiger partial charge in [0.1, 0.15) is 5.70 Å². The summed E-state index contributed by atoms with van der Waals surface area (Å²) in [7, 11) is 4.06. The van der Waals surface area contributed by atoms with Crippen molar-refractivity contribution in [1.82, 2.24) is 10.6 Å². The first-order valence-electron chi connectivity index (χ1n) is 9.67. The molecular weight excluding hydrogens is 384 g/mol. The van der Waals surface area contributed by atoms with E-state index in [0.29, 0.717) is 17.7 Å². The molecule has 3 N–H and O–H groups in total. The summed E-state index contributed by atoms with van der Waals surface area (Å²) in [6, 6.07) is 12.8. The second-order valence-electron chi connectivity index (χ2n) is 7.29. The third kappa shape index (κ3) is 7.14. The number of benzene rings is 2. The van der Waals surface area contributed by atoms with Gasteiger partial charge in [-0.25, -0.2) is 0 Å². The summed E-state index contributed by atoms with van der Waals surface area (Å²) in [5.74, 6) is -0.821. The normalized spacial score (nSPS) is 11.3. The van der Waals surface area contributed by atoms with Gasteiger partial charge in [0.05, 0.1) is 25.6 Å². The van der Waals surface area contributed by atoms with E-state index in [0.717, 1.165) is 18.5 Å². The molecule has 0 radical (unpaired) electrons. The highest BCUT2D eigenvalue weighted by atomic mass is 16.6. The van der Waals surface area contributed by atoms with Crippen LogP contribution < -0.4 is 15.5 Å². The number of aryl methyl sites for hydroxylation is 1. The largest absolute Gasteiger partial charge is 0.351 e. The number of rotatable bonds is 9. The molecule has 158 valence electrons. The Morgan fingerprint density at radius 2 is 1.70 bits per heavy atom. The molecule has 30 heavy (non-hydrogen) atoms. The van der Waals surface area contributed by atoms with Gasteiger partial charge in [0.25, 0.3) is 17.5 Å². The minimum Gasteiger partial charge on any atom is -0.351 e. The molecule has 0 atom stereocenters. The zero-order valence-corrected chi connectivity index (χ0v) is 17.4. The summed E-state index contributed by atoms with van der Waals surface area (Å²) in [5.41, 5.74) is 2.04. The van der Waals surface area contributed by atoms with Crippen molar-refractivity contribution in [3.8, 4) is 0 Å². The Balaban J connectivity index is 2.19. The number of nitrogens with one attached hydrogen (secondary N) is 3. The van der Waals surface area contributed by atoms with Gasteiger partial charge in [-0.3, -0.25) is 19.7 Å². The van der Waals surface area contributed by atoms with Gasteiger partial charge in [-0.05, 0) is 42.8 Å². The minimum atomic E-state index is -0.493. The molecule has 2 amide bonds. The van der Waals surface area contributed by atoms with Crippen LogP contribution in [0.3, 0.4) is 0 Å². The first-order chi connectivity index (χ1) is 14.3.